The van der Waals surface area contributed by atoms with Crippen molar-refractivity contribution in [3.05, 3.63) is 34.2 Å². The minimum atomic E-state index is -5.10. The molecule has 1 amide bonds. The highest BCUT2D eigenvalue weighted by atomic mass is 19.4. The molecule has 144 valence electrons. The molecule has 2 atom stereocenters. The second-order valence-electron chi connectivity index (χ2n) is 5.92. The SMILES string of the molecule is CCOC(=O)[C@H]1CN(C(=O)OC(F)(F)F)CC[C@@H]1c1ccn(C)c(=O)c1. The smallest absolute Gasteiger partial charge is 0.466 e. The first-order valence-corrected chi connectivity index (χ1v) is 8.00. The minimum absolute atomic E-state index is 0.0370. The van der Waals surface area contributed by atoms with Gasteiger partial charge >= 0.3 is 18.4 Å². The number of nitrogens with zero attached hydrogens (tertiary/aromatic N) is 2. The van der Waals surface area contributed by atoms with Crippen LogP contribution < -0.4 is 5.56 Å². The summed E-state index contributed by atoms with van der Waals surface area (Å²) in [6.07, 6.45) is -4.92. The number of aromatic nitrogens is 1. The number of ether oxygens (including phenoxy) is 2. The van der Waals surface area contributed by atoms with Gasteiger partial charge in [-0.25, -0.2) is 4.79 Å². The second-order valence-corrected chi connectivity index (χ2v) is 5.92. The van der Waals surface area contributed by atoms with Gasteiger partial charge < -0.3 is 18.9 Å². The molecule has 2 heterocycles. The maximum Gasteiger partial charge on any atom is 0.576 e. The lowest BCUT2D eigenvalue weighted by atomic mass is 9.81. The molecule has 1 aliphatic rings. The molecule has 1 saturated heterocycles. The third-order valence-corrected chi connectivity index (χ3v) is 4.22. The lowest BCUT2D eigenvalue weighted by Gasteiger charge is -2.36. The Balaban J connectivity index is 2.24. The van der Waals surface area contributed by atoms with E-state index in [9.17, 15) is 27.6 Å². The molecule has 0 aromatic carbocycles. The summed E-state index contributed by atoms with van der Waals surface area (Å²) in [6, 6.07) is 3.04. The van der Waals surface area contributed by atoms with E-state index >= 15 is 0 Å². The van der Waals surface area contributed by atoms with Gasteiger partial charge in [-0.2, -0.15) is 0 Å². The van der Waals surface area contributed by atoms with Crippen molar-refractivity contribution in [2.24, 2.45) is 13.0 Å². The molecular formula is C16H19F3N2O5. The lowest BCUT2D eigenvalue weighted by molar-refractivity contribution is -0.295. The molecule has 10 heteroatoms. The van der Waals surface area contributed by atoms with Crippen LogP contribution >= 0.6 is 0 Å². The highest BCUT2D eigenvalue weighted by Gasteiger charge is 2.42. The predicted octanol–water partition coefficient (Wildman–Crippen LogP) is 2.01. The number of likely N-dealkylation sites (tertiary alicyclic amines) is 1. The summed E-state index contributed by atoms with van der Waals surface area (Å²) >= 11 is 0. The number of hydrogen-bond acceptors (Lipinski definition) is 5. The average Bonchev–Trinajstić information content (AvgIpc) is 2.55. The fourth-order valence-corrected chi connectivity index (χ4v) is 2.96. The van der Waals surface area contributed by atoms with E-state index in [-0.39, 0.29) is 31.7 Å². The van der Waals surface area contributed by atoms with Gasteiger partial charge in [0.25, 0.3) is 5.56 Å². The Morgan fingerprint density at radius 3 is 2.62 bits per heavy atom. The molecule has 0 radical (unpaired) electrons. The molecule has 1 fully saturated rings. The zero-order valence-electron chi connectivity index (χ0n) is 14.3. The Kier molecular flexibility index (Phi) is 5.94. The van der Waals surface area contributed by atoms with Gasteiger partial charge in [-0.3, -0.25) is 9.59 Å². The highest BCUT2D eigenvalue weighted by Crippen LogP contribution is 2.34. The molecule has 0 unspecified atom stereocenters. The van der Waals surface area contributed by atoms with E-state index in [1.54, 1.807) is 26.2 Å². The zero-order chi connectivity index (χ0) is 19.5. The fraction of sp³-hybridized carbons (Fsp3) is 0.562. The van der Waals surface area contributed by atoms with E-state index < -0.39 is 30.3 Å². The van der Waals surface area contributed by atoms with Crippen molar-refractivity contribution in [1.82, 2.24) is 9.47 Å². The molecule has 2 rings (SSSR count). The highest BCUT2D eigenvalue weighted by molar-refractivity contribution is 5.76. The maximum atomic E-state index is 12.3. The summed E-state index contributed by atoms with van der Waals surface area (Å²) in [7, 11) is 1.57. The van der Waals surface area contributed by atoms with Gasteiger partial charge in [-0.1, -0.05) is 0 Å². The summed E-state index contributed by atoms with van der Waals surface area (Å²) in [5.41, 5.74) is 0.305. The van der Waals surface area contributed by atoms with Gasteiger partial charge in [0.05, 0.1) is 12.5 Å². The number of amides is 1. The van der Waals surface area contributed by atoms with Gasteiger partial charge in [0.15, 0.2) is 0 Å². The number of aryl methyl sites for hydroxylation is 1. The van der Waals surface area contributed by atoms with Gasteiger partial charge in [-0.05, 0) is 25.0 Å². The van der Waals surface area contributed by atoms with E-state index in [2.05, 4.69) is 4.74 Å². The van der Waals surface area contributed by atoms with Crippen molar-refractivity contribution in [3.8, 4) is 0 Å². The van der Waals surface area contributed by atoms with Gasteiger partial charge in [0, 0.05) is 38.3 Å². The predicted molar refractivity (Wildman–Crippen MR) is 83.3 cm³/mol. The summed E-state index contributed by atoms with van der Waals surface area (Å²) in [5.74, 6) is -1.97. The number of hydrogen-bond donors (Lipinski definition) is 0. The number of carbonyl (C=O) groups is 2. The van der Waals surface area contributed by atoms with Crippen molar-refractivity contribution in [2.45, 2.75) is 25.6 Å². The molecule has 0 aliphatic carbocycles. The summed E-state index contributed by atoms with van der Waals surface area (Å²) in [6.45, 7) is 1.37. The van der Waals surface area contributed by atoms with E-state index in [1.807, 2.05) is 0 Å². The van der Waals surface area contributed by atoms with Crippen LogP contribution in [0, 0.1) is 5.92 Å². The first-order chi connectivity index (χ1) is 12.1. The maximum absolute atomic E-state index is 12.3. The Morgan fingerprint density at radius 1 is 1.35 bits per heavy atom. The first-order valence-electron chi connectivity index (χ1n) is 8.00. The van der Waals surface area contributed by atoms with Gasteiger partial charge in [0.2, 0.25) is 0 Å². The van der Waals surface area contributed by atoms with Crippen molar-refractivity contribution in [2.75, 3.05) is 19.7 Å². The normalized spacial score (nSPS) is 20.6. The Morgan fingerprint density at radius 2 is 2.04 bits per heavy atom. The van der Waals surface area contributed by atoms with Crippen LogP contribution in [0.15, 0.2) is 23.1 Å². The van der Waals surface area contributed by atoms with E-state index in [1.165, 1.54) is 10.6 Å². The third kappa shape index (κ3) is 4.77. The number of rotatable bonds is 3. The van der Waals surface area contributed by atoms with Crippen molar-refractivity contribution in [1.29, 1.82) is 0 Å². The van der Waals surface area contributed by atoms with Crippen LogP contribution in [0.4, 0.5) is 18.0 Å². The van der Waals surface area contributed by atoms with Crippen LogP contribution in [-0.2, 0) is 21.3 Å². The molecule has 7 nitrogen and oxygen atoms in total. The largest absolute Gasteiger partial charge is 0.576 e. The summed E-state index contributed by atoms with van der Waals surface area (Å²) in [4.78, 5) is 36.6. The monoisotopic (exact) mass is 376 g/mol. The fourth-order valence-electron chi connectivity index (χ4n) is 2.96. The molecule has 0 spiro atoms. The third-order valence-electron chi connectivity index (χ3n) is 4.22. The molecule has 26 heavy (non-hydrogen) atoms. The van der Waals surface area contributed by atoms with Crippen LogP contribution in [-0.4, -0.2) is 47.6 Å². The molecular weight excluding hydrogens is 357 g/mol. The molecule has 1 aliphatic heterocycles. The summed E-state index contributed by atoms with van der Waals surface area (Å²) in [5, 5.41) is 0. The molecule has 0 N–H and O–H groups in total. The molecule has 0 bridgehead atoms. The average molecular weight is 376 g/mol. The van der Waals surface area contributed by atoms with Crippen molar-refractivity contribution in [3.63, 3.8) is 0 Å². The first kappa shape index (κ1) is 19.8. The Labute approximate surface area is 147 Å². The van der Waals surface area contributed by atoms with Gasteiger partial charge in [0.1, 0.15) is 0 Å². The zero-order valence-corrected chi connectivity index (χ0v) is 14.3. The van der Waals surface area contributed by atoms with Crippen LogP contribution in [0.25, 0.3) is 0 Å². The topological polar surface area (TPSA) is 77.8 Å². The van der Waals surface area contributed by atoms with Crippen LogP contribution in [0.3, 0.4) is 0 Å². The second kappa shape index (κ2) is 7.79. The quantitative estimate of drug-likeness (QED) is 0.755. The number of piperidine rings is 1. The molecule has 0 saturated carbocycles. The van der Waals surface area contributed by atoms with Crippen LogP contribution in [0.5, 0.6) is 0 Å². The van der Waals surface area contributed by atoms with Crippen LogP contribution in [0.2, 0.25) is 0 Å². The standard InChI is InChI=1S/C16H19F3N2O5/c1-3-25-14(23)12-9-21(15(24)26-16(17,18)19)7-5-11(12)10-4-6-20(2)13(22)8-10/h4,6,8,11-12H,3,5,7,9H2,1-2H3/t11-,12+/m1/s1. The number of carbonyl (C=O) groups excluding carboxylic acids is 2. The number of halogens is 3. The summed E-state index contributed by atoms with van der Waals surface area (Å²) < 4.78 is 46.6. The number of pyridine rings is 1. The van der Waals surface area contributed by atoms with E-state index in [0.717, 1.165) is 4.90 Å². The van der Waals surface area contributed by atoms with Crippen molar-refractivity contribution >= 4 is 12.1 Å². The van der Waals surface area contributed by atoms with E-state index in [4.69, 9.17) is 4.74 Å². The Bertz CT molecular complexity index is 731. The van der Waals surface area contributed by atoms with Crippen molar-refractivity contribution < 1.29 is 32.2 Å². The Hall–Kier alpha value is -2.52. The minimum Gasteiger partial charge on any atom is -0.466 e. The van der Waals surface area contributed by atoms with E-state index in [0.29, 0.717) is 5.56 Å². The van der Waals surface area contributed by atoms with Gasteiger partial charge in [-0.15, -0.1) is 13.2 Å². The number of esters is 1. The number of alkyl halides is 3. The molecule has 1 aromatic heterocycles. The van der Waals surface area contributed by atoms with Crippen LogP contribution in [0.1, 0.15) is 24.8 Å². The lowest BCUT2D eigenvalue weighted by Crippen LogP contribution is -2.47. The molecule has 1 aromatic rings.